The van der Waals surface area contributed by atoms with Crippen LogP contribution < -0.4 is 0 Å². The average molecular weight is 198 g/mol. The summed E-state index contributed by atoms with van der Waals surface area (Å²) in [5, 5.41) is 0. The Morgan fingerprint density at radius 3 is 2.64 bits per heavy atom. The van der Waals surface area contributed by atoms with Crippen LogP contribution in [0.2, 0.25) is 0 Å². The van der Waals surface area contributed by atoms with Crippen molar-refractivity contribution in [3.05, 3.63) is 11.3 Å². The van der Waals surface area contributed by atoms with Gasteiger partial charge in [-0.3, -0.25) is 4.79 Å². The molecule has 1 aliphatic heterocycles. The minimum absolute atomic E-state index is 0.306. The lowest BCUT2D eigenvalue weighted by atomic mass is 9.98. The van der Waals surface area contributed by atoms with Crippen LogP contribution in [-0.4, -0.2) is 18.5 Å². The quantitative estimate of drug-likeness (QED) is 0.643. The maximum Gasteiger partial charge on any atom is 0.338 e. The van der Waals surface area contributed by atoms with Crippen LogP contribution in [0.1, 0.15) is 27.2 Å². The maximum absolute atomic E-state index is 11.5. The van der Waals surface area contributed by atoms with Crippen molar-refractivity contribution in [2.75, 3.05) is 6.61 Å². The lowest BCUT2D eigenvalue weighted by Crippen LogP contribution is -2.17. The standard InChI is InChI=1S/C10H14O4/c1-4-7-8(10(12)13-5-2)6(3)14-9(7)11/h7H,4-5H2,1-3H3. The Hall–Kier alpha value is -1.32. The Kier molecular flexibility index (Phi) is 3.28. The highest BCUT2D eigenvalue weighted by atomic mass is 16.6. The third-order valence-corrected chi connectivity index (χ3v) is 2.17. The summed E-state index contributed by atoms with van der Waals surface area (Å²) in [5.41, 5.74) is 0.374. The van der Waals surface area contributed by atoms with Gasteiger partial charge in [-0.05, 0) is 20.3 Å². The molecule has 0 fully saturated rings. The molecule has 0 aromatic carbocycles. The highest BCUT2D eigenvalue weighted by Crippen LogP contribution is 2.29. The molecule has 0 radical (unpaired) electrons. The van der Waals surface area contributed by atoms with Gasteiger partial charge in [0.05, 0.1) is 18.1 Å². The fourth-order valence-electron chi connectivity index (χ4n) is 1.51. The molecule has 1 atom stereocenters. The van der Waals surface area contributed by atoms with Crippen LogP contribution in [0.15, 0.2) is 11.3 Å². The number of esters is 2. The van der Waals surface area contributed by atoms with E-state index >= 15 is 0 Å². The molecule has 0 aromatic rings. The summed E-state index contributed by atoms with van der Waals surface area (Å²) >= 11 is 0. The highest BCUT2D eigenvalue weighted by Gasteiger charge is 2.37. The zero-order valence-corrected chi connectivity index (χ0v) is 8.62. The number of hydrogen-bond donors (Lipinski definition) is 0. The van der Waals surface area contributed by atoms with Gasteiger partial charge >= 0.3 is 11.9 Å². The molecule has 0 aromatic heterocycles. The van der Waals surface area contributed by atoms with Crippen molar-refractivity contribution in [1.82, 2.24) is 0 Å². The molecule has 4 heteroatoms. The number of ether oxygens (including phenoxy) is 2. The van der Waals surface area contributed by atoms with Gasteiger partial charge < -0.3 is 9.47 Å². The van der Waals surface area contributed by atoms with Gasteiger partial charge in [0.1, 0.15) is 5.76 Å². The molecule has 4 nitrogen and oxygen atoms in total. The predicted molar refractivity (Wildman–Crippen MR) is 49.2 cm³/mol. The molecule has 0 amide bonds. The summed E-state index contributed by atoms with van der Waals surface area (Å²) in [4.78, 5) is 22.7. The van der Waals surface area contributed by atoms with E-state index in [1.807, 2.05) is 6.92 Å². The van der Waals surface area contributed by atoms with Crippen LogP contribution in [0.3, 0.4) is 0 Å². The third-order valence-electron chi connectivity index (χ3n) is 2.17. The van der Waals surface area contributed by atoms with Gasteiger partial charge in [0.15, 0.2) is 0 Å². The normalized spacial score (nSPS) is 21.1. The first-order chi connectivity index (χ1) is 6.61. The number of carbonyl (C=O) groups excluding carboxylic acids is 2. The van der Waals surface area contributed by atoms with E-state index in [2.05, 4.69) is 0 Å². The summed E-state index contributed by atoms with van der Waals surface area (Å²) in [7, 11) is 0. The van der Waals surface area contributed by atoms with Crippen LogP contribution in [0.5, 0.6) is 0 Å². The van der Waals surface area contributed by atoms with Crippen molar-refractivity contribution < 1.29 is 19.1 Å². The second-order valence-electron chi connectivity index (χ2n) is 3.07. The lowest BCUT2D eigenvalue weighted by Gasteiger charge is -2.06. The molecule has 0 N–H and O–H groups in total. The number of hydrogen-bond acceptors (Lipinski definition) is 4. The van der Waals surface area contributed by atoms with Crippen molar-refractivity contribution >= 4 is 11.9 Å². The Morgan fingerprint density at radius 2 is 2.14 bits per heavy atom. The molecule has 78 valence electrons. The Morgan fingerprint density at radius 1 is 1.50 bits per heavy atom. The van der Waals surface area contributed by atoms with E-state index in [0.29, 0.717) is 24.4 Å². The molecule has 1 aliphatic rings. The van der Waals surface area contributed by atoms with E-state index in [-0.39, 0.29) is 5.97 Å². The molecular weight excluding hydrogens is 184 g/mol. The minimum atomic E-state index is -0.450. The second-order valence-corrected chi connectivity index (χ2v) is 3.07. The monoisotopic (exact) mass is 198 g/mol. The first kappa shape index (κ1) is 10.8. The van der Waals surface area contributed by atoms with E-state index < -0.39 is 11.9 Å². The molecule has 1 rings (SSSR count). The molecule has 0 saturated heterocycles. The SMILES string of the molecule is CCOC(=O)C1=C(C)OC(=O)C1CC. The van der Waals surface area contributed by atoms with E-state index in [1.165, 1.54) is 0 Å². The first-order valence-electron chi connectivity index (χ1n) is 4.71. The van der Waals surface area contributed by atoms with Crippen molar-refractivity contribution in [3.63, 3.8) is 0 Å². The molecule has 0 bridgehead atoms. The molecule has 1 heterocycles. The molecular formula is C10H14O4. The van der Waals surface area contributed by atoms with Gasteiger partial charge in [-0.1, -0.05) is 6.92 Å². The van der Waals surface area contributed by atoms with Gasteiger partial charge in [-0.2, -0.15) is 0 Å². The van der Waals surface area contributed by atoms with Gasteiger partial charge in [0, 0.05) is 0 Å². The molecule has 1 unspecified atom stereocenters. The minimum Gasteiger partial charge on any atom is -0.463 e. The maximum atomic E-state index is 11.5. The molecule has 0 aliphatic carbocycles. The van der Waals surface area contributed by atoms with E-state index in [9.17, 15) is 9.59 Å². The zero-order chi connectivity index (χ0) is 10.7. The largest absolute Gasteiger partial charge is 0.463 e. The number of rotatable bonds is 3. The summed E-state index contributed by atoms with van der Waals surface area (Å²) < 4.78 is 9.73. The summed E-state index contributed by atoms with van der Waals surface area (Å²) in [6.07, 6.45) is 0.560. The zero-order valence-electron chi connectivity index (χ0n) is 8.62. The van der Waals surface area contributed by atoms with Crippen LogP contribution in [0.4, 0.5) is 0 Å². The van der Waals surface area contributed by atoms with Crippen molar-refractivity contribution in [1.29, 1.82) is 0 Å². The van der Waals surface area contributed by atoms with E-state index in [4.69, 9.17) is 9.47 Å². The van der Waals surface area contributed by atoms with E-state index in [1.54, 1.807) is 13.8 Å². The molecule has 14 heavy (non-hydrogen) atoms. The second kappa shape index (κ2) is 4.26. The first-order valence-corrected chi connectivity index (χ1v) is 4.71. The number of allylic oxidation sites excluding steroid dienone is 1. The Bertz CT molecular complexity index is 290. The summed E-state index contributed by atoms with van der Waals surface area (Å²) in [6.45, 7) is 5.48. The van der Waals surface area contributed by atoms with Gasteiger partial charge in [-0.25, -0.2) is 4.79 Å². The third kappa shape index (κ3) is 1.78. The van der Waals surface area contributed by atoms with Crippen LogP contribution >= 0.6 is 0 Å². The van der Waals surface area contributed by atoms with Crippen LogP contribution in [-0.2, 0) is 19.1 Å². The van der Waals surface area contributed by atoms with Gasteiger partial charge in [0.25, 0.3) is 0 Å². The predicted octanol–water partition coefficient (Wildman–Crippen LogP) is 1.41. The topological polar surface area (TPSA) is 52.6 Å². The fraction of sp³-hybridized carbons (Fsp3) is 0.600. The van der Waals surface area contributed by atoms with Crippen molar-refractivity contribution in [3.8, 4) is 0 Å². The van der Waals surface area contributed by atoms with Crippen LogP contribution in [0, 0.1) is 5.92 Å². The lowest BCUT2D eigenvalue weighted by molar-refractivity contribution is -0.143. The van der Waals surface area contributed by atoms with Gasteiger partial charge in [-0.15, -0.1) is 0 Å². The van der Waals surface area contributed by atoms with Crippen LogP contribution in [0.25, 0.3) is 0 Å². The summed E-state index contributed by atoms with van der Waals surface area (Å²) in [5.74, 6) is -0.870. The highest BCUT2D eigenvalue weighted by molar-refractivity contribution is 5.98. The number of cyclic esters (lactones) is 1. The fourth-order valence-corrected chi connectivity index (χ4v) is 1.51. The van der Waals surface area contributed by atoms with Crippen molar-refractivity contribution in [2.45, 2.75) is 27.2 Å². The Balaban J connectivity index is 2.88. The molecule has 0 spiro atoms. The van der Waals surface area contributed by atoms with E-state index in [0.717, 1.165) is 0 Å². The average Bonchev–Trinajstić information content (AvgIpc) is 2.40. The Labute approximate surface area is 82.9 Å². The number of carbonyl (C=O) groups is 2. The molecule has 0 saturated carbocycles. The summed E-state index contributed by atoms with van der Waals surface area (Å²) in [6, 6.07) is 0. The smallest absolute Gasteiger partial charge is 0.338 e. The van der Waals surface area contributed by atoms with Gasteiger partial charge in [0.2, 0.25) is 0 Å². The van der Waals surface area contributed by atoms with Crippen molar-refractivity contribution in [2.24, 2.45) is 5.92 Å².